The Bertz CT molecular complexity index is 466. The van der Waals surface area contributed by atoms with Gasteiger partial charge < -0.3 is 11.1 Å². The van der Waals surface area contributed by atoms with Gasteiger partial charge in [-0.15, -0.1) is 10.2 Å². The van der Waals surface area contributed by atoms with Gasteiger partial charge >= 0.3 is 0 Å². The lowest BCUT2D eigenvalue weighted by molar-refractivity contribution is 0.501. The normalized spacial score (nSPS) is 12.8. The molecule has 0 saturated heterocycles. The van der Waals surface area contributed by atoms with Gasteiger partial charge in [-0.1, -0.05) is 13.3 Å². The van der Waals surface area contributed by atoms with Crippen LogP contribution in [0.1, 0.15) is 19.8 Å². The highest BCUT2D eigenvalue weighted by Crippen LogP contribution is 2.13. The third-order valence-corrected chi connectivity index (χ3v) is 2.93. The average Bonchev–Trinajstić information content (AvgIpc) is 2.83. The Labute approximate surface area is 100 Å². The SMILES string of the molecule is CCC(CCN)CNc1nccn2cnnc12. The molecular formula is C11H18N6. The molecule has 2 aromatic rings. The van der Waals surface area contributed by atoms with E-state index in [2.05, 4.69) is 27.4 Å². The Morgan fingerprint density at radius 3 is 3.18 bits per heavy atom. The van der Waals surface area contributed by atoms with Gasteiger partial charge in [0.1, 0.15) is 6.33 Å². The second-order valence-electron chi connectivity index (χ2n) is 4.07. The summed E-state index contributed by atoms with van der Waals surface area (Å²) >= 11 is 0. The van der Waals surface area contributed by atoms with Crippen LogP contribution in [0.3, 0.4) is 0 Å². The van der Waals surface area contributed by atoms with E-state index in [1.807, 2.05) is 10.6 Å². The molecule has 6 heteroatoms. The van der Waals surface area contributed by atoms with Crippen molar-refractivity contribution in [1.82, 2.24) is 19.6 Å². The molecule has 0 spiro atoms. The summed E-state index contributed by atoms with van der Waals surface area (Å²) in [5.41, 5.74) is 6.34. The highest BCUT2D eigenvalue weighted by Gasteiger charge is 2.08. The average molecular weight is 234 g/mol. The zero-order chi connectivity index (χ0) is 12.1. The molecule has 0 saturated carbocycles. The molecule has 92 valence electrons. The highest BCUT2D eigenvalue weighted by molar-refractivity contribution is 5.61. The third kappa shape index (κ3) is 2.71. The minimum atomic E-state index is 0.574. The lowest BCUT2D eigenvalue weighted by atomic mass is 10.0. The number of anilines is 1. The maximum absolute atomic E-state index is 5.58. The zero-order valence-electron chi connectivity index (χ0n) is 10.0. The summed E-state index contributed by atoms with van der Waals surface area (Å²) in [5, 5.41) is 11.2. The minimum Gasteiger partial charge on any atom is -0.367 e. The van der Waals surface area contributed by atoms with E-state index in [0.717, 1.165) is 37.4 Å². The van der Waals surface area contributed by atoms with Crippen molar-refractivity contribution in [3.05, 3.63) is 18.7 Å². The van der Waals surface area contributed by atoms with Gasteiger partial charge in [-0.25, -0.2) is 4.98 Å². The van der Waals surface area contributed by atoms with Gasteiger partial charge in [-0.3, -0.25) is 4.40 Å². The summed E-state index contributed by atoms with van der Waals surface area (Å²) in [6, 6.07) is 0. The van der Waals surface area contributed by atoms with Crippen molar-refractivity contribution in [3.63, 3.8) is 0 Å². The van der Waals surface area contributed by atoms with Crippen molar-refractivity contribution in [1.29, 1.82) is 0 Å². The molecule has 17 heavy (non-hydrogen) atoms. The lowest BCUT2D eigenvalue weighted by Crippen LogP contribution is -2.18. The fourth-order valence-corrected chi connectivity index (χ4v) is 1.81. The van der Waals surface area contributed by atoms with Gasteiger partial charge in [-0.05, 0) is 18.9 Å². The van der Waals surface area contributed by atoms with Crippen molar-refractivity contribution >= 4 is 11.5 Å². The summed E-state index contributed by atoms with van der Waals surface area (Å²) in [5.74, 6) is 1.35. The highest BCUT2D eigenvalue weighted by atomic mass is 15.2. The van der Waals surface area contributed by atoms with Crippen molar-refractivity contribution in [3.8, 4) is 0 Å². The van der Waals surface area contributed by atoms with Crippen LogP contribution >= 0.6 is 0 Å². The first kappa shape index (κ1) is 11.8. The molecule has 6 nitrogen and oxygen atoms in total. The fraction of sp³-hybridized carbons (Fsp3) is 0.545. The van der Waals surface area contributed by atoms with Crippen molar-refractivity contribution in [2.45, 2.75) is 19.8 Å². The molecule has 2 aromatic heterocycles. The van der Waals surface area contributed by atoms with E-state index in [0.29, 0.717) is 5.92 Å². The molecule has 1 atom stereocenters. The van der Waals surface area contributed by atoms with E-state index < -0.39 is 0 Å². The maximum Gasteiger partial charge on any atom is 0.203 e. The predicted molar refractivity (Wildman–Crippen MR) is 66.7 cm³/mol. The van der Waals surface area contributed by atoms with Crippen LogP contribution in [-0.4, -0.2) is 32.7 Å². The molecule has 2 rings (SSSR count). The van der Waals surface area contributed by atoms with Crippen molar-refractivity contribution in [2.24, 2.45) is 11.7 Å². The molecular weight excluding hydrogens is 216 g/mol. The van der Waals surface area contributed by atoms with Crippen LogP contribution in [0.4, 0.5) is 5.82 Å². The van der Waals surface area contributed by atoms with Crippen LogP contribution in [0.25, 0.3) is 5.65 Å². The van der Waals surface area contributed by atoms with E-state index in [9.17, 15) is 0 Å². The molecule has 0 amide bonds. The lowest BCUT2D eigenvalue weighted by Gasteiger charge is -2.14. The molecule has 0 aliphatic heterocycles. The van der Waals surface area contributed by atoms with Crippen LogP contribution in [0.5, 0.6) is 0 Å². The van der Waals surface area contributed by atoms with Crippen LogP contribution in [0, 0.1) is 5.92 Å². The number of nitrogens with two attached hydrogens (primary N) is 1. The number of nitrogens with one attached hydrogen (secondary N) is 1. The Kier molecular flexibility index (Phi) is 3.87. The number of fused-ring (bicyclic) bond motifs is 1. The van der Waals surface area contributed by atoms with Crippen LogP contribution in [-0.2, 0) is 0 Å². The first-order chi connectivity index (χ1) is 8.35. The molecule has 0 radical (unpaired) electrons. The quantitative estimate of drug-likeness (QED) is 0.776. The van der Waals surface area contributed by atoms with E-state index in [-0.39, 0.29) is 0 Å². The number of rotatable bonds is 6. The van der Waals surface area contributed by atoms with Crippen LogP contribution < -0.4 is 11.1 Å². The molecule has 0 aliphatic carbocycles. The number of hydrogen-bond donors (Lipinski definition) is 2. The van der Waals surface area contributed by atoms with Gasteiger partial charge in [-0.2, -0.15) is 0 Å². The van der Waals surface area contributed by atoms with Crippen LogP contribution in [0.2, 0.25) is 0 Å². The standard InChI is InChI=1S/C11H18N6/c1-2-9(3-4-12)7-14-10-11-16-15-8-17(11)6-5-13-10/h5-6,8-9H,2-4,7,12H2,1H3,(H,13,14). The molecule has 0 aromatic carbocycles. The summed E-state index contributed by atoms with van der Waals surface area (Å²) in [6.07, 6.45) is 7.37. The van der Waals surface area contributed by atoms with E-state index in [4.69, 9.17) is 5.73 Å². The second kappa shape index (κ2) is 5.58. The second-order valence-corrected chi connectivity index (χ2v) is 4.07. The minimum absolute atomic E-state index is 0.574. The first-order valence-corrected chi connectivity index (χ1v) is 5.93. The summed E-state index contributed by atoms with van der Waals surface area (Å²) in [6.45, 7) is 3.77. The van der Waals surface area contributed by atoms with E-state index in [1.54, 1.807) is 12.5 Å². The van der Waals surface area contributed by atoms with Crippen LogP contribution in [0.15, 0.2) is 18.7 Å². The maximum atomic E-state index is 5.58. The number of hydrogen-bond acceptors (Lipinski definition) is 5. The summed E-state index contributed by atoms with van der Waals surface area (Å²) < 4.78 is 1.85. The van der Waals surface area contributed by atoms with Gasteiger partial charge in [0.2, 0.25) is 5.65 Å². The Morgan fingerprint density at radius 2 is 2.41 bits per heavy atom. The molecule has 2 heterocycles. The molecule has 1 unspecified atom stereocenters. The molecule has 0 bridgehead atoms. The Balaban J connectivity index is 2.05. The topological polar surface area (TPSA) is 81.1 Å². The van der Waals surface area contributed by atoms with Gasteiger partial charge in [0.05, 0.1) is 0 Å². The third-order valence-electron chi connectivity index (χ3n) is 2.93. The summed E-state index contributed by atoms with van der Waals surface area (Å²) in [4.78, 5) is 4.28. The smallest absolute Gasteiger partial charge is 0.203 e. The van der Waals surface area contributed by atoms with E-state index >= 15 is 0 Å². The molecule has 3 N–H and O–H groups in total. The first-order valence-electron chi connectivity index (χ1n) is 5.93. The van der Waals surface area contributed by atoms with E-state index in [1.165, 1.54) is 0 Å². The van der Waals surface area contributed by atoms with Crippen molar-refractivity contribution < 1.29 is 0 Å². The monoisotopic (exact) mass is 234 g/mol. The van der Waals surface area contributed by atoms with Gasteiger partial charge in [0.15, 0.2) is 5.82 Å². The molecule has 0 fully saturated rings. The Hall–Kier alpha value is -1.69. The van der Waals surface area contributed by atoms with Gasteiger partial charge in [0.25, 0.3) is 0 Å². The number of aromatic nitrogens is 4. The van der Waals surface area contributed by atoms with Crippen molar-refractivity contribution in [2.75, 3.05) is 18.4 Å². The number of nitrogens with zero attached hydrogens (tertiary/aromatic N) is 4. The van der Waals surface area contributed by atoms with Gasteiger partial charge in [0, 0.05) is 18.9 Å². The largest absolute Gasteiger partial charge is 0.367 e. The Morgan fingerprint density at radius 1 is 1.53 bits per heavy atom. The fourth-order valence-electron chi connectivity index (χ4n) is 1.81. The zero-order valence-corrected chi connectivity index (χ0v) is 10.0. The predicted octanol–water partition coefficient (Wildman–Crippen LogP) is 0.911. The molecule has 0 aliphatic rings. The summed E-state index contributed by atoms with van der Waals surface area (Å²) in [7, 11) is 0.